The molecular weight excluding hydrogens is 312 g/mol. The summed E-state index contributed by atoms with van der Waals surface area (Å²) in [6.45, 7) is 5.33. The zero-order valence-corrected chi connectivity index (χ0v) is 14.6. The van der Waals surface area contributed by atoms with Crippen molar-refractivity contribution < 1.29 is 14.2 Å². The van der Waals surface area contributed by atoms with Gasteiger partial charge in [-0.1, -0.05) is 6.07 Å². The lowest BCUT2D eigenvalue weighted by molar-refractivity contribution is -0.0332. The van der Waals surface area contributed by atoms with Crippen molar-refractivity contribution in [1.82, 2.24) is 9.88 Å². The largest absolute Gasteiger partial charge is 0.497 e. The molecule has 6 heteroatoms. The summed E-state index contributed by atoms with van der Waals surface area (Å²) < 4.78 is 16.6. The highest BCUT2D eigenvalue weighted by Gasteiger charge is 2.25. The van der Waals surface area contributed by atoms with Gasteiger partial charge >= 0.3 is 0 Å². The maximum atomic E-state index is 5.89. The Morgan fingerprint density at radius 1 is 1.35 bits per heavy atom. The lowest BCUT2D eigenvalue weighted by Gasteiger charge is -2.32. The molecule has 5 nitrogen and oxygen atoms in total. The Balaban J connectivity index is 1.70. The van der Waals surface area contributed by atoms with Crippen molar-refractivity contribution >= 4 is 11.3 Å². The zero-order chi connectivity index (χ0) is 16.2. The molecule has 3 rings (SSSR count). The van der Waals surface area contributed by atoms with Crippen LogP contribution in [0, 0.1) is 6.92 Å². The van der Waals surface area contributed by atoms with Crippen LogP contribution >= 0.6 is 11.3 Å². The highest BCUT2D eigenvalue weighted by atomic mass is 32.1. The fourth-order valence-corrected chi connectivity index (χ4v) is 3.57. The predicted molar refractivity (Wildman–Crippen MR) is 90.4 cm³/mol. The van der Waals surface area contributed by atoms with Gasteiger partial charge in [-0.05, 0) is 13.0 Å². The van der Waals surface area contributed by atoms with Gasteiger partial charge in [0.15, 0.2) is 0 Å². The second kappa shape index (κ2) is 7.29. The molecule has 0 aliphatic carbocycles. The third kappa shape index (κ3) is 3.83. The van der Waals surface area contributed by atoms with Crippen molar-refractivity contribution in [3.05, 3.63) is 39.8 Å². The van der Waals surface area contributed by atoms with E-state index in [1.54, 1.807) is 25.6 Å². The molecule has 1 saturated heterocycles. The van der Waals surface area contributed by atoms with E-state index in [2.05, 4.69) is 21.3 Å². The molecule has 1 aliphatic heterocycles. The highest BCUT2D eigenvalue weighted by molar-refractivity contribution is 7.09. The summed E-state index contributed by atoms with van der Waals surface area (Å²) in [5.41, 5.74) is 2.21. The maximum Gasteiger partial charge on any atom is 0.127 e. The maximum absolute atomic E-state index is 5.89. The van der Waals surface area contributed by atoms with Gasteiger partial charge in [-0.3, -0.25) is 4.90 Å². The minimum atomic E-state index is 0.0618. The van der Waals surface area contributed by atoms with Gasteiger partial charge in [0.1, 0.15) is 22.6 Å². The Morgan fingerprint density at radius 3 is 2.91 bits per heavy atom. The normalized spacial score (nSPS) is 18.8. The molecule has 1 fully saturated rings. The van der Waals surface area contributed by atoms with Crippen LogP contribution < -0.4 is 9.47 Å². The van der Waals surface area contributed by atoms with E-state index >= 15 is 0 Å². The van der Waals surface area contributed by atoms with Crippen LogP contribution in [0.15, 0.2) is 23.6 Å². The molecule has 0 saturated carbocycles. The number of methoxy groups -OCH3 is 2. The first-order valence-corrected chi connectivity index (χ1v) is 8.54. The summed E-state index contributed by atoms with van der Waals surface area (Å²) in [4.78, 5) is 6.94. The summed E-state index contributed by atoms with van der Waals surface area (Å²) in [6.07, 6.45) is 0.0618. The molecule has 1 aliphatic rings. The summed E-state index contributed by atoms with van der Waals surface area (Å²) in [6, 6.07) is 5.97. The minimum absolute atomic E-state index is 0.0618. The Bertz CT molecular complexity index is 659. The van der Waals surface area contributed by atoms with Crippen LogP contribution in [0.25, 0.3) is 0 Å². The summed E-state index contributed by atoms with van der Waals surface area (Å²) in [5.74, 6) is 1.67. The number of hydrogen-bond acceptors (Lipinski definition) is 6. The molecule has 2 aromatic rings. The molecule has 0 N–H and O–H groups in total. The molecule has 0 bridgehead atoms. The van der Waals surface area contributed by atoms with Gasteiger partial charge in [0, 0.05) is 42.3 Å². The fourth-order valence-electron chi connectivity index (χ4n) is 2.74. The monoisotopic (exact) mass is 334 g/mol. The molecule has 1 aromatic carbocycles. The zero-order valence-electron chi connectivity index (χ0n) is 13.7. The van der Waals surface area contributed by atoms with Gasteiger partial charge < -0.3 is 14.2 Å². The van der Waals surface area contributed by atoms with E-state index < -0.39 is 0 Å². The third-order valence-electron chi connectivity index (χ3n) is 3.95. The SMILES string of the molecule is COc1ccc(CN2CCO[C@@H](c3nc(C)cs3)C2)c(OC)c1. The molecule has 1 atom stereocenters. The number of benzene rings is 1. The first kappa shape index (κ1) is 16.2. The van der Waals surface area contributed by atoms with Crippen molar-refractivity contribution in [2.75, 3.05) is 33.9 Å². The molecule has 2 heterocycles. The quantitative estimate of drug-likeness (QED) is 0.841. The van der Waals surface area contributed by atoms with Crippen LogP contribution in [0.2, 0.25) is 0 Å². The highest BCUT2D eigenvalue weighted by Crippen LogP contribution is 2.29. The van der Waals surface area contributed by atoms with Gasteiger partial charge in [-0.15, -0.1) is 11.3 Å². The van der Waals surface area contributed by atoms with Crippen molar-refractivity contribution in [3.63, 3.8) is 0 Å². The standard InChI is InChI=1S/C17H22N2O3S/c1-12-11-23-17(18-12)16-10-19(6-7-22-16)9-13-4-5-14(20-2)8-15(13)21-3/h4-5,8,11,16H,6-7,9-10H2,1-3H3/t16-/m1/s1. The van der Waals surface area contributed by atoms with E-state index in [1.807, 2.05) is 19.1 Å². The van der Waals surface area contributed by atoms with Crippen LogP contribution in [0.4, 0.5) is 0 Å². The van der Waals surface area contributed by atoms with Gasteiger partial charge in [0.2, 0.25) is 0 Å². The molecule has 124 valence electrons. The number of aromatic nitrogens is 1. The van der Waals surface area contributed by atoms with Gasteiger partial charge in [0.25, 0.3) is 0 Å². The molecular formula is C17H22N2O3S. The number of ether oxygens (including phenoxy) is 3. The van der Waals surface area contributed by atoms with Gasteiger partial charge in [-0.2, -0.15) is 0 Å². The number of hydrogen-bond donors (Lipinski definition) is 0. The van der Waals surface area contributed by atoms with Crippen LogP contribution in [-0.2, 0) is 11.3 Å². The van der Waals surface area contributed by atoms with E-state index in [0.717, 1.165) is 54.0 Å². The van der Waals surface area contributed by atoms with Crippen LogP contribution in [0.5, 0.6) is 11.5 Å². The lowest BCUT2D eigenvalue weighted by Crippen LogP contribution is -2.37. The van der Waals surface area contributed by atoms with E-state index in [1.165, 1.54) is 0 Å². The number of nitrogens with zero attached hydrogens (tertiary/aromatic N) is 2. The Kier molecular flexibility index (Phi) is 5.15. The Morgan fingerprint density at radius 2 is 2.22 bits per heavy atom. The first-order chi connectivity index (χ1) is 11.2. The van der Waals surface area contributed by atoms with Crippen LogP contribution in [0.3, 0.4) is 0 Å². The average Bonchev–Trinajstić information content (AvgIpc) is 3.02. The van der Waals surface area contributed by atoms with Gasteiger partial charge in [0.05, 0.1) is 20.8 Å². The fraction of sp³-hybridized carbons (Fsp3) is 0.471. The molecule has 1 aromatic heterocycles. The van der Waals surface area contributed by atoms with E-state index in [4.69, 9.17) is 14.2 Å². The van der Waals surface area contributed by atoms with E-state index in [-0.39, 0.29) is 6.10 Å². The third-order valence-corrected chi connectivity index (χ3v) is 5.01. The second-order valence-electron chi connectivity index (χ2n) is 5.60. The number of rotatable bonds is 5. The van der Waals surface area contributed by atoms with Gasteiger partial charge in [-0.25, -0.2) is 4.98 Å². The van der Waals surface area contributed by atoms with E-state index in [9.17, 15) is 0 Å². The van der Waals surface area contributed by atoms with Crippen molar-refractivity contribution in [1.29, 1.82) is 0 Å². The summed E-state index contributed by atoms with van der Waals surface area (Å²) in [7, 11) is 3.36. The molecule has 23 heavy (non-hydrogen) atoms. The second-order valence-corrected chi connectivity index (χ2v) is 6.49. The van der Waals surface area contributed by atoms with E-state index in [0.29, 0.717) is 0 Å². The summed E-state index contributed by atoms with van der Waals surface area (Å²) in [5, 5.41) is 3.14. The number of morpholine rings is 1. The summed E-state index contributed by atoms with van der Waals surface area (Å²) >= 11 is 1.67. The topological polar surface area (TPSA) is 43.8 Å². The van der Waals surface area contributed by atoms with Crippen molar-refractivity contribution in [3.8, 4) is 11.5 Å². The molecule has 0 radical (unpaired) electrons. The average molecular weight is 334 g/mol. The number of aryl methyl sites for hydroxylation is 1. The van der Waals surface area contributed by atoms with Crippen molar-refractivity contribution in [2.45, 2.75) is 19.6 Å². The van der Waals surface area contributed by atoms with Crippen molar-refractivity contribution in [2.24, 2.45) is 0 Å². The predicted octanol–water partition coefficient (Wildman–Crippen LogP) is 3.04. The number of thiazole rings is 1. The first-order valence-electron chi connectivity index (χ1n) is 7.66. The lowest BCUT2D eigenvalue weighted by atomic mass is 10.1. The molecule has 0 spiro atoms. The van der Waals surface area contributed by atoms with Crippen LogP contribution in [0.1, 0.15) is 22.4 Å². The Labute approximate surface area is 140 Å². The Hall–Kier alpha value is -1.63. The van der Waals surface area contributed by atoms with Crippen LogP contribution in [-0.4, -0.2) is 43.8 Å². The molecule has 0 amide bonds. The minimum Gasteiger partial charge on any atom is -0.497 e. The molecule has 0 unspecified atom stereocenters. The smallest absolute Gasteiger partial charge is 0.127 e.